The molecule has 9 heteroatoms. The van der Waals surface area contributed by atoms with E-state index in [1.807, 2.05) is 5.09 Å². The Morgan fingerprint density at radius 3 is 2.25 bits per heavy atom. The summed E-state index contributed by atoms with van der Waals surface area (Å²) in [5.41, 5.74) is 0. The van der Waals surface area contributed by atoms with Gasteiger partial charge in [0.05, 0.1) is 12.2 Å². The smallest absolute Gasteiger partial charge is 0.388 e. The molecule has 8 nitrogen and oxygen atoms in total. The van der Waals surface area contributed by atoms with Crippen LogP contribution in [0.5, 0.6) is 0 Å². The Balaban J connectivity index is 2.57. The maximum atomic E-state index is 10.5. The van der Waals surface area contributed by atoms with E-state index in [0.29, 0.717) is 0 Å². The number of aliphatic hydroxyl groups is 3. The molecule has 1 aliphatic heterocycles. The Hall–Kier alpha value is -0.0500. The number of hydrogen-bond acceptors (Lipinski definition) is 5. The highest BCUT2D eigenvalue weighted by Gasteiger charge is 2.41. The quantitative estimate of drug-likeness (QED) is 0.306. The fraction of sp³-hybridized carbons (Fsp3) is 1.00. The van der Waals surface area contributed by atoms with Crippen LogP contribution >= 0.6 is 7.75 Å². The van der Waals surface area contributed by atoms with Gasteiger partial charge in [-0.25, -0.2) is 9.65 Å². The molecule has 0 spiro atoms. The van der Waals surface area contributed by atoms with Gasteiger partial charge in [-0.2, -0.15) is 0 Å². The average Bonchev–Trinajstić information content (AvgIpc) is 2.17. The first kappa shape index (κ1) is 14.0. The van der Waals surface area contributed by atoms with Crippen LogP contribution in [-0.4, -0.2) is 62.2 Å². The van der Waals surface area contributed by atoms with Gasteiger partial charge in [0.15, 0.2) is 0 Å². The molecule has 0 aromatic rings. The van der Waals surface area contributed by atoms with E-state index in [1.165, 1.54) is 6.92 Å². The van der Waals surface area contributed by atoms with Gasteiger partial charge in [-0.3, -0.25) is 0 Å². The third-order valence-corrected chi connectivity index (χ3v) is 3.04. The average molecular weight is 257 g/mol. The van der Waals surface area contributed by atoms with Gasteiger partial charge in [-0.05, 0) is 6.92 Å². The Morgan fingerprint density at radius 2 is 1.75 bits per heavy atom. The normalized spacial score (nSPS) is 41.0. The van der Waals surface area contributed by atoms with E-state index in [9.17, 15) is 19.9 Å². The number of rotatable bonds is 3. The molecule has 1 saturated heterocycles. The zero-order chi connectivity index (χ0) is 12.5. The first-order valence-electron chi connectivity index (χ1n) is 4.72. The third-order valence-electron chi connectivity index (χ3n) is 2.45. The van der Waals surface area contributed by atoms with E-state index in [4.69, 9.17) is 14.5 Å². The van der Waals surface area contributed by atoms with E-state index >= 15 is 0 Å². The molecule has 0 aliphatic carbocycles. The summed E-state index contributed by atoms with van der Waals surface area (Å²) in [5, 5.41) is 30.1. The van der Waals surface area contributed by atoms with Crippen molar-refractivity contribution in [1.82, 2.24) is 5.09 Å². The molecule has 1 fully saturated rings. The van der Waals surface area contributed by atoms with Crippen LogP contribution < -0.4 is 5.09 Å². The van der Waals surface area contributed by atoms with Gasteiger partial charge >= 0.3 is 7.75 Å². The minimum absolute atomic E-state index is 0.320. The summed E-state index contributed by atoms with van der Waals surface area (Å²) < 4.78 is 15.7. The second kappa shape index (κ2) is 5.07. The minimum Gasteiger partial charge on any atom is -0.388 e. The Morgan fingerprint density at radius 1 is 1.19 bits per heavy atom. The van der Waals surface area contributed by atoms with Crippen molar-refractivity contribution < 1.29 is 34.4 Å². The molecule has 96 valence electrons. The molecular weight excluding hydrogens is 241 g/mol. The number of ether oxygens (including phenoxy) is 1. The van der Waals surface area contributed by atoms with Crippen molar-refractivity contribution >= 4 is 7.75 Å². The van der Waals surface area contributed by atoms with Crippen LogP contribution in [0.4, 0.5) is 0 Å². The van der Waals surface area contributed by atoms with E-state index in [-0.39, 0.29) is 6.54 Å². The molecule has 0 aromatic heterocycles. The first-order chi connectivity index (χ1) is 7.22. The molecule has 6 N–H and O–H groups in total. The SMILES string of the molecule is CC1OC(CNP(=O)(O)O)[C@@H](O)[C@H](O)[C@@H]1O. The highest BCUT2D eigenvalue weighted by molar-refractivity contribution is 7.49. The lowest BCUT2D eigenvalue weighted by molar-refractivity contribution is -0.214. The largest absolute Gasteiger partial charge is 0.400 e. The van der Waals surface area contributed by atoms with E-state index in [2.05, 4.69) is 0 Å². The van der Waals surface area contributed by atoms with Crippen LogP contribution in [0.25, 0.3) is 0 Å². The standard InChI is InChI=1S/C7H16NO7P/c1-3-5(9)7(11)6(10)4(15-3)2-8-16(12,13)14/h3-7,9-11H,2H2,1H3,(H3,8,12,13,14)/t3?,4?,5-,6-,7-/m1/s1. The number of nitrogens with one attached hydrogen (secondary N) is 1. The summed E-state index contributed by atoms with van der Waals surface area (Å²) in [6.07, 6.45) is -5.72. The second-order valence-electron chi connectivity index (χ2n) is 3.76. The highest BCUT2D eigenvalue weighted by atomic mass is 31.2. The molecule has 0 radical (unpaired) electrons. The molecule has 0 amide bonds. The van der Waals surface area contributed by atoms with E-state index in [0.717, 1.165) is 0 Å². The summed E-state index contributed by atoms with van der Waals surface area (Å²) in [7, 11) is -4.40. The molecule has 1 heterocycles. The molecule has 1 aliphatic rings. The molecule has 0 bridgehead atoms. The highest BCUT2D eigenvalue weighted by Crippen LogP contribution is 2.29. The van der Waals surface area contributed by atoms with Gasteiger partial charge < -0.3 is 29.8 Å². The summed E-state index contributed by atoms with van der Waals surface area (Å²) in [5.74, 6) is 0. The summed E-state index contributed by atoms with van der Waals surface area (Å²) in [6.45, 7) is 1.17. The van der Waals surface area contributed by atoms with Crippen LogP contribution in [-0.2, 0) is 9.30 Å². The molecule has 16 heavy (non-hydrogen) atoms. The van der Waals surface area contributed by atoms with Gasteiger partial charge in [0.25, 0.3) is 0 Å². The van der Waals surface area contributed by atoms with Gasteiger partial charge in [-0.15, -0.1) is 0 Å². The fourth-order valence-corrected chi connectivity index (χ4v) is 1.93. The monoisotopic (exact) mass is 257 g/mol. The summed E-state index contributed by atoms with van der Waals surface area (Å²) in [6, 6.07) is 0. The lowest BCUT2D eigenvalue weighted by atomic mass is 9.96. The van der Waals surface area contributed by atoms with Crippen LogP contribution in [0.15, 0.2) is 0 Å². The molecule has 0 aromatic carbocycles. The van der Waals surface area contributed by atoms with Crippen molar-refractivity contribution in [1.29, 1.82) is 0 Å². The minimum atomic E-state index is -4.40. The third kappa shape index (κ3) is 3.47. The van der Waals surface area contributed by atoms with Gasteiger partial charge in [0.1, 0.15) is 18.3 Å². The van der Waals surface area contributed by atoms with Crippen molar-refractivity contribution in [3.63, 3.8) is 0 Å². The topological polar surface area (TPSA) is 139 Å². The van der Waals surface area contributed by atoms with Crippen molar-refractivity contribution in [2.45, 2.75) is 37.4 Å². The van der Waals surface area contributed by atoms with Crippen molar-refractivity contribution in [2.75, 3.05) is 6.54 Å². The van der Waals surface area contributed by atoms with Crippen molar-refractivity contribution in [3.05, 3.63) is 0 Å². The lowest BCUT2D eigenvalue weighted by Crippen LogP contribution is -2.58. The van der Waals surface area contributed by atoms with Crippen LogP contribution in [0.3, 0.4) is 0 Å². The van der Waals surface area contributed by atoms with Crippen LogP contribution in [0, 0.1) is 0 Å². The Kier molecular flexibility index (Phi) is 4.44. The maximum Gasteiger partial charge on any atom is 0.400 e. The first-order valence-corrected chi connectivity index (χ1v) is 6.34. The predicted octanol–water partition coefficient (Wildman–Crippen LogP) is -2.46. The lowest BCUT2D eigenvalue weighted by Gasteiger charge is -2.39. The van der Waals surface area contributed by atoms with Gasteiger partial charge in [0.2, 0.25) is 0 Å². The molecule has 2 unspecified atom stereocenters. The number of hydrogen-bond donors (Lipinski definition) is 6. The molecule has 1 rings (SSSR count). The van der Waals surface area contributed by atoms with Crippen molar-refractivity contribution in [2.24, 2.45) is 0 Å². The Labute approximate surface area is 92.1 Å². The van der Waals surface area contributed by atoms with Gasteiger partial charge in [-0.1, -0.05) is 0 Å². The zero-order valence-electron chi connectivity index (χ0n) is 8.59. The van der Waals surface area contributed by atoms with Gasteiger partial charge in [0, 0.05) is 6.54 Å². The van der Waals surface area contributed by atoms with E-state index < -0.39 is 38.3 Å². The zero-order valence-corrected chi connectivity index (χ0v) is 9.49. The molecule has 0 saturated carbocycles. The molecular formula is C7H16NO7P. The van der Waals surface area contributed by atoms with Crippen LogP contribution in [0.2, 0.25) is 0 Å². The maximum absolute atomic E-state index is 10.5. The summed E-state index contributed by atoms with van der Waals surface area (Å²) in [4.78, 5) is 17.1. The molecule has 5 atom stereocenters. The summed E-state index contributed by atoms with van der Waals surface area (Å²) >= 11 is 0. The van der Waals surface area contributed by atoms with E-state index in [1.54, 1.807) is 0 Å². The van der Waals surface area contributed by atoms with Crippen LogP contribution in [0.1, 0.15) is 6.92 Å². The van der Waals surface area contributed by atoms with Crippen molar-refractivity contribution in [3.8, 4) is 0 Å². The fourth-order valence-electron chi connectivity index (χ4n) is 1.51. The Bertz CT molecular complexity index is 282. The number of aliphatic hydroxyl groups excluding tert-OH is 3. The predicted molar refractivity (Wildman–Crippen MR) is 52.4 cm³/mol. The second-order valence-corrected chi connectivity index (χ2v) is 5.16.